The Bertz CT molecular complexity index is 1270. The number of hydrogen-bond donors (Lipinski definition) is 1. The predicted octanol–water partition coefficient (Wildman–Crippen LogP) is 2.23. The molecular weight excluding hydrogens is 477 g/mol. The minimum absolute atomic E-state index is 0.0444. The quantitative estimate of drug-likeness (QED) is 0.226. The Labute approximate surface area is 204 Å². The molecule has 2 aliphatic heterocycles. The molecule has 180 valence electrons. The van der Waals surface area contributed by atoms with Crippen molar-refractivity contribution in [2.24, 2.45) is 0 Å². The van der Waals surface area contributed by atoms with Gasteiger partial charge in [0.25, 0.3) is 17.5 Å². The molecule has 0 atom stereocenters. The van der Waals surface area contributed by atoms with Crippen LogP contribution in [0.3, 0.4) is 0 Å². The SMILES string of the molecule is CC(=O)N1CCN(c2ccc([N+](=O)[O-])cc2/C=C2/C(=O)NC(=S)N(c3ccc(F)cc3)C2=O)CC1. The summed E-state index contributed by atoms with van der Waals surface area (Å²) in [6, 6.07) is 9.20. The number of amides is 3. The van der Waals surface area contributed by atoms with Crippen LogP contribution in [0.25, 0.3) is 6.08 Å². The molecule has 2 saturated heterocycles. The molecule has 3 amide bonds. The monoisotopic (exact) mass is 497 g/mol. The molecule has 0 saturated carbocycles. The van der Waals surface area contributed by atoms with Crippen molar-refractivity contribution in [3.05, 3.63) is 69.5 Å². The van der Waals surface area contributed by atoms with Gasteiger partial charge >= 0.3 is 0 Å². The van der Waals surface area contributed by atoms with E-state index in [0.29, 0.717) is 37.4 Å². The van der Waals surface area contributed by atoms with Crippen LogP contribution in [0.4, 0.5) is 21.5 Å². The van der Waals surface area contributed by atoms with Gasteiger partial charge in [0.05, 0.1) is 10.6 Å². The van der Waals surface area contributed by atoms with Gasteiger partial charge in [0.2, 0.25) is 5.91 Å². The lowest BCUT2D eigenvalue weighted by molar-refractivity contribution is -0.384. The summed E-state index contributed by atoms with van der Waals surface area (Å²) in [6.07, 6.45) is 1.29. The van der Waals surface area contributed by atoms with Gasteiger partial charge < -0.3 is 9.80 Å². The number of benzene rings is 2. The number of halogens is 1. The first-order valence-electron chi connectivity index (χ1n) is 10.6. The highest BCUT2D eigenvalue weighted by atomic mass is 32.1. The van der Waals surface area contributed by atoms with E-state index >= 15 is 0 Å². The zero-order chi connectivity index (χ0) is 25.3. The van der Waals surface area contributed by atoms with E-state index < -0.39 is 22.6 Å². The molecule has 1 N–H and O–H groups in total. The second-order valence-corrected chi connectivity index (χ2v) is 8.31. The number of thiocarbonyl (C=S) groups is 1. The molecule has 0 aliphatic carbocycles. The average molecular weight is 498 g/mol. The minimum Gasteiger partial charge on any atom is -0.367 e. The Morgan fingerprint density at radius 1 is 1.11 bits per heavy atom. The molecule has 0 radical (unpaired) electrons. The first-order chi connectivity index (χ1) is 16.7. The van der Waals surface area contributed by atoms with Gasteiger partial charge in [0, 0.05) is 56.5 Å². The van der Waals surface area contributed by atoms with Gasteiger partial charge in [0.1, 0.15) is 11.4 Å². The van der Waals surface area contributed by atoms with Crippen LogP contribution in [0.15, 0.2) is 48.0 Å². The molecule has 0 bridgehead atoms. The third-order valence-corrected chi connectivity index (χ3v) is 6.06. The largest absolute Gasteiger partial charge is 0.367 e. The van der Waals surface area contributed by atoms with E-state index in [9.17, 15) is 28.9 Å². The van der Waals surface area contributed by atoms with Crippen LogP contribution in [0.5, 0.6) is 0 Å². The summed E-state index contributed by atoms with van der Waals surface area (Å²) < 4.78 is 13.4. The molecule has 2 fully saturated rings. The number of nitrogens with one attached hydrogen (secondary N) is 1. The molecule has 2 aromatic carbocycles. The van der Waals surface area contributed by atoms with Crippen molar-refractivity contribution in [3.8, 4) is 0 Å². The normalized spacial score (nSPS) is 17.6. The van der Waals surface area contributed by atoms with Crippen LogP contribution in [0.1, 0.15) is 12.5 Å². The summed E-state index contributed by atoms with van der Waals surface area (Å²) in [7, 11) is 0. The lowest BCUT2D eigenvalue weighted by Crippen LogP contribution is -2.54. The molecule has 2 heterocycles. The Kier molecular flexibility index (Phi) is 6.56. The third kappa shape index (κ3) is 4.87. The lowest BCUT2D eigenvalue weighted by atomic mass is 10.0. The summed E-state index contributed by atoms with van der Waals surface area (Å²) in [4.78, 5) is 53.2. The number of nitro benzene ring substituents is 1. The summed E-state index contributed by atoms with van der Waals surface area (Å²) >= 11 is 5.15. The Morgan fingerprint density at radius 3 is 2.37 bits per heavy atom. The Morgan fingerprint density at radius 2 is 1.77 bits per heavy atom. The Balaban J connectivity index is 1.74. The van der Waals surface area contributed by atoms with Crippen molar-refractivity contribution in [1.82, 2.24) is 10.2 Å². The molecule has 2 aromatic rings. The van der Waals surface area contributed by atoms with Crippen LogP contribution in [0.2, 0.25) is 0 Å². The first-order valence-corrected chi connectivity index (χ1v) is 11.0. The van der Waals surface area contributed by atoms with Crippen LogP contribution < -0.4 is 15.1 Å². The summed E-state index contributed by atoms with van der Waals surface area (Å²) in [6.45, 7) is 3.36. The third-order valence-electron chi connectivity index (χ3n) is 5.77. The molecule has 12 heteroatoms. The number of non-ortho nitro benzene ring substituents is 1. The lowest BCUT2D eigenvalue weighted by Gasteiger charge is -2.36. The van der Waals surface area contributed by atoms with Crippen LogP contribution in [-0.2, 0) is 14.4 Å². The number of hydrogen-bond acceptors (Lipinski definition) is 7. The fraction of sp³-hybridized carbons (Fsp3) is 0.217. The number of carbonyl (C=O) groups excluding carboxylic acids is 3. The second-order valence-electron chi connectivity index (χ2n) is 7.93. The first kappa shape index (κ1) is 24.0. The van der Waals surface area contributed by atoms with Crippen molar-refractivity contribution in [2.75, 3.05) is 36.0 Å². The van der Waals surface area contributed by atoms with Gasteiger partial charge in [-0.2, -0.15) is 0 Å². The smallest absolute Gasteiger partial charge is 0.270 e. The molecule has 4 rings (SSSR count). The van der Waals surface area contributed by atoms with Crippen LogP contribution in [0, 0.1) is 15.9 Å². The number of carbonyl (C=O) groups is 3. The van der Waals surface area contributed by atoms with Gasteiger partial charge in [-0.05, 0) is 48.6 Å². The maximum atomic E-state index is 13.4. The topological polar surface area (TPSA) is 116 Å². The van der Waals surface area contributed by atoms with Gasteiger partial charge in [-0.25, -0.2) is 4.39 Å². The highest BCUT2D eigenvalue weighted by Gasteiger charge is 2.35. The van der Waals surface area contributed by atoms with Gasteiger partial charge in [-0.15, -0.1) is 0 Å². The number of nitro groups is 1. The highest BCUT2D eigenvalue weighted by Crippen LogP contribution is 2.30. The van der Waals surface area contributed by atoms with E-state index in [-0.39, 0.29) is 28.0 Å². The van der Waals surface area contributed by atoms with E-state index in [1.807, 2.05) is 4.90 Å². The van der Waals surface area contributed by atoms with Crippen molar-refractivity contribution in [3.63, 3.8) is 0 Å². The molecule has 0 unspecified atom stereocenters. The molecule has 2 aliphatic rings. The predicted molar refractivity (Wildman–Crippen MR) is 130 cm³/mol. The van der Waals surface area contributed by atoms with Gasteiger partial charge in [-0.3, -0.25) is 34.7 Å². The van der Waals surface area contributed by atoms with E-state index in [1.165, 1.54) is 37.3 Å². The van der Waals surface area contributed by atoms with Crippen molar-refractivity contribution < 1.29 is 23.7 Å². The van der Waals surface area contributed by atoms with E-state index in [0.717, 1.165) is 17.0 Å². The van der Waals surface area contributed by atoms with E-state index in [2.05, 4.69) is 5.32 Å². The second kappa shape index (κ2) is 9.58. The highest BCUT2D eigenvalue weighted by molar-refractivity contribution is 7.80. The van der Waals surface area contributed by atoms with Crippen molar-refractivity contribution in [2.45, 2.75) is 6.92 Å². The fourth-order valence-electron chi connectivity index (χ4n) is 3.96. The number of rotatable bonds is 4. The zero-order valence-electron chi connectivity index (χ0n) is 18.6. The summed E-state index contributed by atoms with van der Waals surface area (Å²) in [5, 5.41) is 13.7. The van der Waals surface area contributed by atoms with Gasteiger partial charge in [0.15, 0.2) is 5.11 Å². The Hall–Kier alpha value is -4.19. The minimum atomic E-state index is -0.753. The fourth-order valence-corrected chi connectivity index (χ4v) is 4.24. The summed E-state index contributed by atoms with van der Waals surface area (Å²) in [5.74, 6) is -2.05. The zero-order valence-corrected chi connectivity index (χ0v) is 19.4. The maximum absolute atomic E-state index is 13.4. The maximum Gasteiger partial charge on any atom is 0.270 e. The molecule has 35 heavy (non-hydrogen) atoms. The number of anilines is 2. The van der Waals surface area contributed by atoms with Crippen molar-refractivity contribution >= 4 is 58.2 Å². The molecule has 10 nitrogen and oxygen atoms in total. The molecule has 0 aromatic heterocycles. The molecular formula is C23H20FN5O5S. The average Bonchev–Trinajstić information content (AvgIpc) is 2.82. The van der Waals surface area contributed by atoms with Crippen molar-refractivity contribution in [1.29, 1.82) is 0 Å². The molecule has 0 spiro atoms. The number of piperazine rings is 1. The standard InChI is InChI=1S/C23H20FN5O5S/c1-14(30)26-8-10-27(11-9-26)20-7-6-18(29(33)34)12-15(20)13-19-21(31)25-23(35)28(22(19)32)17-4-2-16(24)3-5-17/h2-7,12-13H,8-11H2,1H3,(H,25,31,35)/b19-13-. The van der Waals surface area contributed by atoms with Gasteiger partial charge in [-0.1, -0.05) is 0 Å². The van der Waals surface area contributed by atoms with E-state index in [1.54, 1.807) is 11.0 Å². The van der Waals surface area contributed by atoms with Crippen LogP contribution >= 0.6 is 12.2 Å². The van der Waals surface area contributed by atoms with Crippen LogP contribution in [-0.4, -0.2) is 58.8 Å². The van der Waals surface area contributed by atoms with E-state index in [4.69, 9.17) is 12.2 Å². The summed E-state index contributed by atoms with van der Waals surface area (Å²) in [5.41, 5.74) is 0.630. The number of nitrogens with zero attached hydrogens (tertiary/aromatic N) is 4.